The first kappa shape index (κ1) is 11.7. The van der Waals surface area contributed by atoms with Crippen molar-refractivity contribution in [1.29, 1.82) is 0 Å². The van der Waals surface area contributed by atoms with Gasteiger partial charge in [-0.25, -0.2) is 0 Å². The van der Waals surface area contributed by atoms with Crippen molar-refractivity contribution < 1.29 is 14.3 Å². The lowest BCUT2D eigenvalue weighted by molar-refractivity contribution is 0.101. The number of carbonyl (C=O) groups excluding carboxylic acids is 2. The van der Waals surface area contributed by atoms with Crippen LogP contribution in [0.4, 0.5) is 0 Å². The van der Waals surface area contributed by atoms with Gasteiger partial charge in [0.1, 0.15) is 5.75 Å². The van der Waals surface area contributed by atoms with Crippen LogP contribution in [0.3, 0.4) is 0 Å². The van der Waals surface area contributed by atoms with Crippen molar-refractivity contribution in [3.63, 3.8) is 0 Å². The number of ketones is 1. The molecule has 3 nitrogen and oxygen atoms in total. The Hall–Kier alpha value is -1.35. The van der Waals surface area contributed by atoms with Gasteiger partial charge in [-0.15, -0.1) is 0 Å². The predicted molar refractivity (Wildman–Crippen MR) is 58.0 cm³/mol. The normalized spacial score (nSPS) is 9.80. The molecule has 0 aromatic heterocycles. The van der Waals surface area contributed by atoms with Crippen LogP contribution in [-0.4, -0.2) is 18.7 Å². The summed E-state index contributed by atoms with van der Waals surface area (Å²) < 4.78 is 5.26. The third-order valence-corrected chi connectivity index (χ3v) is 2.10. The van der Waals surface area contributed by atoms with Crippen LogP contribution in [0, 0.1) is 0 Å². The number of Topliss-reactive ketones (excluding diaryl/α,β-unsaturated/α-hetero) is 1. The van der Waals surface area contributed by atoms with Gasteiger partial charge in [-0.3, -0.25) is 9.59 Å². The van der Waals surface area contributed by atoms with Crippen molar-refractivity contribution in [2.24, 2.45) is 0 Å². The van der Waals surface area contributed by atoms with E-state index >= 15 is 0 Å². The summed E-state index contributed by atoms with van der Waals surface area (Å²) in [5.74, 6) is 0.133. The molecule has 1 aromatic rings. The number of halogens is 1. The lowest BCUT2D eigenvalue weighted by Crippen LogP contribution is -2.04. The molecule has 0 atom stereocenters. The van der Waals surface area contributed by atoms with E-state index in [1.165, 1.54) is 19.1 Å². The van der Waals surface area contributed by atoms with Gasteiger partial charge in [0.15, 0.2) is 12.1 Å². The minimum Gasteiger partial charge on any atom is -0.492 e. The van der Waals surface area contributed by atoms with Gasteiger partial charge >= 0.3 is 0 Å². The molecule has 0 aliphatic rings. The highest BCUT2D eigenvalue weighted by Gasteiger charge is 2.14. The van der Waals surface area contributed by atoms with Crippen molar-refractivity contribution in [2.75, 3.05) is 6.61 Å². The number of aldehydes is 1. The molecule has 0 bridgehead atoms. The van der Waals surface area contributed by atoms with Gasteiger partial charge in [0, 0.05) is 5.02 Å². The largest absolute Gasteiger partial charge is 0.492 e. The molecule has 80 valence electrons. The molecule has 1 rings (SSSR count). The van der Waals surface area contributed by atoms with Gasteiger partial charge in [-0.2, -0.15) is 0 Å². The summed E-state index contributed by atoms with van der Waals surface area (Å²) in [7, 11) is 0. The Morgan fingerprint density at radius 3 is 2.67 bits per heavy atom. The van der Waals surface area contributed by atoms with Crippen molar-refractivity contribution >= 4 is 23.7 Å². The maximum absolute atomic E-state index is 11.3. The molecule has 0 saturated heterocycles. The molecule has 0 spiro atoms. The average Bonchev–Trinajstić information content (AvgIpc) is 2.19. The van der Waals surface area contributed by atoms with E-state index < -0.39 is 0 Å². The molecular formula is C11H11ClO3. The third kappa shape index (κ3) is 2.57. The van der Waals surface area contributed by atoms with Crippen LogP contribution in [-0.2, 0) is 0 Å². The minimum absolute atomic E-state index is 0.177. The Labute approximate surface area is 93.0 Å². The summed E-state index contributed by atoms with van der Waals surface area (Å²) in [5.41, 5.74) is 0.640. The van der Waals surface area contributed by atoms with Crippen LogP contribution in [0.2, 0.25) is 5.02 Å². The highest BCUT2D eigenvalue weighted by molar-refractivity contribution is 6.31. The van der Waals surface area contributed by atoms with Gasteiger partial charge < -0.3 is 4.74 Å². The predicted octanol–water partition coefficient (Wildman–Crippen LogP) is 2.75. The van der Waals surface area contributed by atoms with Crippen molar-refractivity contribution in [2.45, 2.75) is 13.8 Å². The standard InChI is InChI=1S/C11H11ClO3/c1-3-15-11-8(6-13)4-9(12)5-10(11)7(2)14/h4-6H,3H2,1-2H3. The Morgan fingerprint density at radius 1 is 1.53 bits per heavy atom. The molecule has 0 N–H and O–H groups in total. The summed E-state index contributed by atoms with van der Waals surface area (Å²) in [5, 5.41) is 0.353. The zero-order valence-electron chi connectivity index (χ0n) is 8.54. The Bertz CT molecular complexity index is 399. The quantitative estimate of drug-likeness (QED) is 0.586. The molecule has 0 fully saturated rings. The Balaban J connectivity index is 3.39. The Kier molecular flexibility index (Phi) is 3.86. The van der Waals surface area contributed by atoms with Crippen molar-refractivity contribution in [3.8, 4) is 5.75 Å². The highest BCUT2D eigenvalue weighted by atomic mass is 35.5. The monoisotopic (exact) mass is 226 g/mol. The summed E-state index contributed by atoms with van der Waals surface area (Å²) in [6, 6.07) is 2.98. The van der Waals surface area contributed by atoms with E-state index in [1.54, 1.807) is 6.92 Å². The number of carbonyl (C=O) groups is 2. The van der Waals surface area contributed by atoms with Gasteiger partial charge in [0.25, 0.3) is 0 Å². The van der Waals surface area contributed by atoms with Crippen molar-refractivity contribution in [3.05, 3.63) is 28.3 Å². The minimum atomic E-state index is -0.177. The second-order valence-corrected chi connectivity index (χ2v) is 3.42. The van der Waals surface area contributed by atoms with Gasteiger partial charge in [0.2, 0.25) is 0 Å². The molecule has 0 aliphatic heterocycles. The average molecular weight is 227 g/mol. The fraction of sp³-hybridized carbons (Fsp3) is 0.273. The summed E-state index contributed by atoms with van der Waals surface area (Å²) in [4.78, 5) is 22.1. The molecule has 0 heterocycles. The second-order valence-electron chi connectivity index (χ2n) is 2.98. The lowest BCUT2D eigenvalue weighted by atomic mass is 10.1. The fourth-order valence-corrected chi connectivity index (χ4v) is 1.50. The highest BCUT2D eigenvalue weighted by Crippen LogP contribution is 2.27. The first-order chi connectivity index (χ1) is 7.10. The molecule has 4 heteroatoms. The van der Waals surface area contributed by atoms with Crippen LogP contribution in [0.5, 0.6) is 5.75 Å². The van der Waals surface area contributed by atoms with Gasteiger partial charge in [0.05, 0.1) is 17.7 Å². The second kappa shape index (κ2) is 4.94. The van der Waals surface area contributed by atoms with Crippen LogP contribution >= 0.6 is 11.6 Å². The number of ether oxygens (including phenoxy) is 1. The number of benzene rings is 1. The topological polar surface area (TPSA) is 43.4 Å². The smallest absolute Gasteiger partial charge is 0.163 e. The lowest BCUT2D eigenvalue weighted by Gasteiger charge is -2.10. The zero-order chi connectivity index (χ0) is 11.4. The summed E-state index contributed by atoms with van der Waals surface area (Å²) in [6.45, 7) is 3.58. The first-order valence-electron chi connectivity index (χ1n) is 4.52. The van der Waals surface area contributed by atoms with Crippen LogP contribution < -0.4 is 4.74 Å². The Morgan fingerprint density at radius 2 is 2.20 bits per heavy atom. The molecule has 0 saturated carbocycles. The van der Waals surface area contributed by atoms with E-state index in [0.717, 1.165) is 0 Å². The molecule has 0 aliphatic carbocycles. The van der Waals surface area contributed by atoms with Crippen LogP contribution in [0.15, 0.2) is 12.1 Å². The van der Waals surface area contributed by atoms with E-state index in [2.05, 4.69) is 0 Å². The van der Waals surface area contributed by atoms with Crippen molar-refractivity contribution in [1.82, 2.24) is 0 Å². The molecule has 0 unspecified atom stereocenters. The van der Waals surface area contributed by atoms with E-state index in [9.17, 15) is 9.59 Å². The molecule has 1 aromatic carbocycles. The van der Waals surface area contributed by atoms with Crippen LogP contribution in [0.1, 0.15) is 34.6 Å². The third-order valence-electron chi connectivity index (χ3n) is 1.88. The first-order valence-corrected chi connectivity index (χ1v) is 4.90. The molecule has 0 amide bonds. The molecular weight excluding hydrogens is 216 g/mol. The number of hydrogen-bond acceptors (Lipinski definition) is 3. The van der Waals surface area contributed by atoms with Gasteiger partial charge in [-0.05, 0) is 26.0 Å². The van der Waals surface area contributed by atoms with E-state index in [-0.39, 0.29) is 5.78 Å². The van der Waals surface area contributed by atoms with Crippen LogP contribution in [0.25, 0.3) is 0 Å². The van der Waals surface area contributed by atoms with Gasteiger partial charge in [-0.1, -0.05) is 11.6 Å². The molecule has 15 heavy (non-hydrogen) atoms. The molecule has 0 radical (unpaired) electrons. The maximum Gasteiger partial charge on any atom is 0.163 e. The van der Waals surface area contributed by atoms with E-state index in [4.69, 9.17) is 16.3 Å². The SMILES string of the molecule is CCOc1c(C=O)cc(Cl)cc1C(C)=O. The number of hydrogen-bond donors (Lipinski definition) is 0. The zero-order valence-corrected chi connectivity index (χ0v) is 9.30. The maximum atomic E-state index is 11.3. The van der Waals surface area contributed by atoms with E-state index in [1.807, 2.05) is 0 Å². The van der Waals surface area contributed by atoms with E-state index in [0.29, 0.717) is 34.8 Å². The summed E-state index contributed by atoms with van der Waals surface area (Å²) >= 11 is 5.78. The fourth-order valence-electron chi connectivity index (χ4n) is 1.27. The summed E-state index contributed by atoms with van der Waals surface area (Å²) in [6.07, 6.45) is 0.628. The number of rotatable bonds is 4.